The summed E-state index contributed by atoms with van der Waals surface area (Å²) >= 11 is 0. The zero-order chi connectivity index (χ0) is 21.4. The molecule has 4 heterocycles. The van der Waals surface area contributed by atoms with E-state index >= 15 is 0 Å². The predicted octanol–water partition coefficient (Wildman–Crippen LogP) is 1.86. The number of pyridine rings is 1. The van der Waals surface area contributed by atoms with Crippen LogP contribution < -0.4 is 10.9 Å². The van der Waals surface area contributed by atoms with Crippen LogP contribution in [-0.2, 0) is 4.74 Å². The maximum absolute atomic E-state index is 12.9. The van der Waals surface area contributed by atoms with E-state index in [1.807, 2.05) is 19.1 Å². The van der Waals surface area contributed by atoms with Gasteiger partial charge in [-0.15, -0.1) is 0 Å². The van der Waals surface area contributed by atoms with Crippen molar-refractivity contribution in [1.29, 1.82) is 0 Å². The summed E-state index contributed by atoms with van der Waals surface area (Å²) in [4.78, 5) is 37.0. The molecule has 1 amide bonds. The Balaban J connectivity index is 1.40. The van der Waals surface area contributed by atoms with Crippen LogP contribution in [0.4, 0.5) is 0 Å². The minimum Gasteiger partial charge on any atom is -0.377 e. The lowest BCUT2D eigenvalue weighted by Gasteiger charge is -2.20. The molecule has 2 N–H and O–H groups in total. The number of aromatic amines is 1. The Labute approximate surface area is 177 Å². The number of aryl methyl sites for hydroxylation is 1. The van der Waals surface area contributed by atoms with Gasteiger partial charge >= 0.3 is 0 Å². The number of ether oxygens (including phenoxy) is 1. The van der Waals surface area contributed by atoms with Crippen molar-refractivity contribution in [2.24, 2.45) is 0 Å². The number of hydrogen-bond donors (Lipinski definition) is 2. The van der Waals surface area contributed by atoms with Crippen molar-refractivity contribution < 1.29 is 9.53 Å². The molecule has 9 heteroatoms. The number of H-pyrrole nitrogens is 1. The normalized spacial score (nSPS) is 18.4. The van der Waals surface area contributed by atoms with Crippen LogP contribution in [0.3, 0.4) is 0 Å². The molecule has 2 atom stereocenters. The van der Waals surface area contributed by atoms with Gasteiger partial charge in [-0.1, -0.05) is 0 Å². The van der Waals surface area contributed by atoms with Gasteiger partial charge in [0, 0.05) is 29.6 Å². The molecule has 5 rings (SSSR count). The van der Waals surface area contributed by atoms with Gasteiger partial charge in [-0.25, -0.2) is 9.67 Å². The highest BCUT2D eigenvalue weighted by Crippen LogP contribution is 2.21. The third-order valence-corrected chi connectivity index (χ3v) is 5.33. The van der Waals surface area contributed by atoms with Crippen molar-refractivity contribution in [2.75, 3.05) is 13.2 Å². The van der Waals surface area contributed by atoms with Gasteiger partial charge in [0.15, 0.2) is 0 Å². The first kappa shape index (κ1) is 19.1. The number of carbonyl (C=O) groups excluding carboxylic acids is 1. The van der Waals surface area contributed by atoms with E-state index in [9.17, 15) is 9.59 Å². The number of rotatable bonds is 4. The quantitative estimate of drug-likeness (QED) is 0.525. The minimum atomic E-state index is -0.411. The number of aromatic nitrogens is 5. The Morgan fingerprint density at radius 2 is 2.13 bits per heavy atom. The summed E-state index contributed by atoms with van der Waals surface area (Å²) in [6.45, 7) is 2.45. The molecular formula is C22H20N6O3. The van der Waals surface area contributed by atoms with Crippen molar-refractivity contribution in [1.82, 2.24) is 30.0 Å². The highest BCUT2D eigenvalue weighted by Gasteiger charge is 2.33. The Kier molecular flexibility index (Phi) is 4.79. The predicted molar refractivity (Wildman–Crippen MR) is 114 cm³/mol. The van der Waals surface area contributed by atoms with Crippen LogP contribution in [-0.4, -0.2) is 49.9 Å². The van der Waals surface area contributed by atoms with Gasteiger partial charge < -0.3 is 15.0 Å². The van der Waals surface area contributed by atoms with Gasteiger partial charge in [-0.2, -0.15) is 5.10 Å². The van der Waals surface area contributed by atoms with Crippen LogP contribution in [0.1, 0.15) is 22.2 Å². The van der Waals surface area contributed by atoms with Crippen molar-refractivity contribution in [3.63, 3.8) is 0 Å². The third kappa shape index (κ3) is 3.71. The molecule has 0 bridgehead atoms. The van der Waals surface area contributed by atoms with Gasteiger partial charge in [0.25, 0.3) is 11.5 Å². The van der Waals surface area contributed by atoms with Crippen LogP contribution in [0.2, 0.25) is 0 Å². The fraction of sp³-hybridized carbons (Fsp3) is 0.227. The van der Waals surface area contributed by atoms with Gasteiger partial charge in [-0.05, 0) is 43.3 Å². The maximum atomic E-state index is 12.9. The first-order valence-electron chi connectivity index (χ1n) is 9.94. The molecule has 9 nitrogen and oxygen atoms in total. The zero-order valence-electron chi connectivity index (χ0n) is 16.8. The lowest BCUT2D eigenvalue weighted by molar-refractivity contribution is 0.0925. The van der Waals surface area contributed by atoms with E-state index in [2.05, 4.69) is 25.4 Å². The van der Waals surface area contributed by atoms with Crippen molar-refractivity contribution in [3.05, 3.63) is 76.6 Å². The van der Waals surface area contributed by atoms with Crippen LogP contribution in [0.5, 0.6) is 0 Å². The number of fused-ring (bicyclic) bond motifs is 1. The second-order valence-corrected chi connectivity index (χ2v) is 7.48. The molecule has 1 saturated heterocycles. The zero-order valence-corrected chi connectivity index (χ0v) is 16.8. The van der Waals surface area contributed by atoms with Crippen LogP contribution in [0, 0.1) is 6.92 Å². The molecule has 0 aliphatic carbocycles. The van der Waals surface area contributed by atoms with E-state index in [1.54, 1.807) is 36.7 Å². The largest absolute Gasteiger partial charge is 0.377 e. The Hall–Kier alpha value is -3.85. The smallest absolute Gasteiger partial charge is 0.267 e. The average Bonchev–Trinajstić information content (AvgIpc) is 3.39. The van der Waals surface area contributed by atoms with Crippen molar-refractivity contribution >= 4 is 16.9 Å². The molecule has 0 spiro atoms. The first-order chi connectivity index (χ1) is 15.1. The van der Waals surface area contributed by atoms with E-state index in [1.165, 1.54) is 10.7 Å². The van der Waals surface area contributed by atoms with E-state index < -0.39 is 6.04 Å². The first-order valence-corrected chi connectivity index (χ1v) is 9.94. The molecule has 0 radical (unpaired) electrons. The van der Waals surface area contributed by atoms with Crippen molar-refractivity contribution in [2.45, 2.75) is 19.0 Å². The summed E-state index contributed by atoms with van der Waals surface area (Å²) in [6, 6.07) is 11.3. The highest BCUT2D eigenvalue weighted by molar-refractivity contribution is 5.97. The number of hydrogen-bond acceptors (Lipinski definition) is 6. The minimum absolute atomic E-state index is 0.244. The molecule has 31 heavy (non-hydrogen) atoms. The second-order valence-electron chi connectivity index (χ2n) is 7.48. The number of benzene rings is 1. The van der Waals surface area contributed by atoms with E-state index in [0.29, 0.717) is 17.9 Å². The summed E-state index contributed by atoms with van der Waals surface area (Å²) in [6.07, 6.45) is 3.37. The summed E-state index contributed by atoms with van der Waals surface area (Å²) in [7, 11) is 0. The Morgan fingerprint density at radius 3 is 2.97 bits per heavy atom. The van der Waals surface area contributed by atoms with Crippen LogP contribution in [0.25, 0.3) is 22.3 Å². The summed E-state index contributed by atoms with van der Waals surface area (Å²) in [5, 5.41) is 7.51. The van der Waals surface area contributed by atoms with Crippen molar-refractivity contribution in [3.8, 4) is 11.3 Å². The molecule has 1 aliphatic rings. The number of nitrogens with zero attached hydrogens (tertiary/aromatic N) is 4. The van der Waals surface area contributed by atoms with E-state index in [0.717, 1.165) is 22.4 Å². The number of nitrogens with one attached hydrogen (secondary N) is 2. The van der Waals surface area contributed by atoms with Gasteiger partial charge in [0.1, 0.15) is 11.9 Å². The van der Waals surface area contributed by atoms with Gasteiger partial charge in [-0.3, -0.25) is 14.6 Å². The standard InChI is InChI=1S/C22H20N6O3/c1-13-24-17-5-4-14(9-18(17)25-13)22(30)26-19-11-31-12-20(19)28-21(29)7-6-16(27-28)15-3-2-8-23-10-15/h2-10,19-20H,11-12H2,1H3,(H,24,25)(H,26,30). The monoisotopic (exact) mass is 416 g/mol. The molecule has 3 aromatic heterocycles. The number of imidazole rings is 1. The highest BCUT2D eigenvalue weighted by atomic mass is 16.5. The molecule has 156 valence electrons. The lowest BCUT2D eigenvalue weighted by Crippen LogP contribution is -2.44. The molecule has 1 aromatic carbocycles. The lowest BCUT2D eigenvalue weighted by atomic mass is 10.1. The molecular weight excluding hydrogens is 396 g/mol. The molecule has 2 unspecified atom stereocenters. The van der Waals surface area contributed by atoms with Crippen LogP contribution in [0.15, 0.2) is 59.7 Å². The Morgan fingerprint density at radius 1 is 1.23 bits per heavy atom. The molecule has 1 aliphatic heterocycles. The number of carbonyl (C=O) groups is 1. The van der Waals surface area contributed by atoms with E-state index in [4.69, 9.17) is 4.74 Å². The van der Waals surface area contributed by atoms with Gasteiger partial charge in [0.2, 0.25) is 0 Å². The topological polar surface area (TPSA) is 115 Å². The van der Waals surface area contributed by atoms with Crippen LogP contribution >= 0.6 is 0 Å². The molecule has 0 saturated carbocycles. The number of amides is 1. The van der Waals surface area contributed by atoms with Gasteiger partial charge in [0.05, 0.1) is 36.0 Å². The summed E-state index contributed by atoms with van der Waals surface area (Å²) in [5.74, 6) is 0.543. The molecule has 4 aromatic rings. The molecule has 1 fully saturated rings. The third-order valence-electron chi connectivity index (χ3n) is 5.33. The fourth-order valence-corrected chi connectivity index (χ4v) is 3.78. The average molecular weight is 416 g/mol. The van der Waals surface area contributed by atoms with E-state index in [-0.39, 0.29) is 24.1 Å². The summed E-state index contributed by atoms with van der Waals surface area (Å²) < 4.78 is 6.98. The summed E-state index contributed by atoms with van der Waals surface area (Å²) in [5.41, 5.74) is 3.29. The SMILES string of the molecule is Cc1nc2ccc(C(=O)NC3COCC3n3nc(-c4cccnc4)ccc3=O)cc2[nH]1. The second kappa shape index (κ2) is 7.77. The maximum Gasteiger partial charge on any atom is 0.267 e. The Bertz CT molecular complexity index is 1310. The fourth-order valence-electron chi connectivity index (χ4n) is 3.78.